The lowest BCUT2D eigenvalue weighted by atomic mass is 10.1. The molecule has 0 saturated carbocycles. The van der Waals surface area contributed by atoms with E-state index in [0.29, 0.717) is 10.8 Å². The molecule has 0 saturated heterocycles. The molecule has 0 spiro atoms. The highest BCUT2D eigenvalue weighted by atomic mass is 35.5. The number of carbonyl (C=O) groups is 1. The number of nitrogens with zero attached hydrogens (tertiary/aromatic N) is 1. The molecular weight excluding hydrogens is 325 g/mol. The van der Waals surface area contributed by atoms with Crippen molar-refractivity contribution in [3.05, 3.63) is 41.2 Å². The molecule has 0 radical (unpaired) electrons. The summed E-state index contributed by atoms with van der Waals surface area (Å²) in [6.45, 7) is -0.0834. The zero-order valence-corrected chi connectivity index (χ0v) is 12.1. The molecule has 1 aromatic heterocycles. The van der Waals surface area contributed by atoms with Crippen LogP contribution in [0.2, 0.25) is 5.15 Å². The SMILES string of the molecule is O=C(NCCSC(F)(F)F)c1cnc(Cl)c2ccccc12. The van der Waals surface area contributed by atoms with Crippen LogP contribution < -0.4 is 5.32 Å². The van der Waals surface area contributed by atoms with E-state index in [1.807, 2.05) is 0 Å². The van der Waals surface area contributed by atoms with Crippen LogP contribution in [0.15, 0.2) is 30.5 Å². The number of thioether (sulfide) groups is 1. The second-order valence-electron chi connectivity index (χ2n) is 4.06. The molecule has 1 heterocycles. The molecule has 0 bridgehead atoms. The van der Waals surface area contributed by atoms with Gasteiger partial charge in [-0.25, -0.2) is 4.98 Å². The minimum Gasteiger partial charge on any atom is -0.351 e. The summed E-state index contributed by atoms with van der Waals surface area (Å²) in [5.74, 6) is -0.716. The Morgan fingerprint density at radius 3 is 2.62 bits per heavy atom. The summed E-state index contributed by atoms with van der Waals surface area (Å²) in [5, 5.41) is 3.94. The van der Waals surface area contributed by atoms with Crippen LogP contribution in [0.5, 0.6) is 0 Å². The number of alkyl halides is 3. The lowest BCUT2D eigenvalue weighted by Crippen LogP contribution is -2.26. The topological polar surface area (TPSA) is 42.0 Å². The summed E-state index contributed by atoms with van der Waals surface area (Å²) in [6, 6.07) is 6.94. The van der Waals surface area contributed by atoms with Crippen molar-refractivity contribution >= 4 is 40.0 Å². The highest BCUT2D eigenvalue weighted by Gasteiger charge is 2.27. The van der Waals surface area contributed by atoms with E-state index in [9.17, 15) is 18.0 Å². The number of halogens is 4. The molecular formula is C13H10ClF3N2OS. The minimum absolute atomic E-state index is 0.0834. The molecule has 0 fully saturated rings. The van der Waals surface area contributed by atoms with Crippen LogP contribution in [0.4, 0.5) is 13.2 Å². The first-order valence-corrected chi connectivity index (χ1v) is 7.27. The molecule has 1 aromatic carbocycles. The maximum Gasteiger partial charge on any atom is 0.441 e. The quantitative estimate of drug-likeness (QED) is 0.681. The Balaban J connectivity index is 2.08. The highest BCUT2D eigenvalue weighted by Crippen LogP contribution is 2.29. The van der Waals surface area contributed by atoms with E-state index in [-0.39, 0.29) is 34.8 Å². The van der Waals surface area contributed by atoms with Gasteiger partial charge in [-0.3, -0.25) is 4.79 Å². The number of aromatic nitrogens is 1. The third-order valence-corrected chi connectivity index (χ3v) is 3.68. The Labute approximate surface area is 127 Å². The number of fused-ring (bicyclic) bond motifs is 1. The fourth-order valence-corrected chi connectivity index (χ4v) is 2.41. The Hall–Kier alpha value is -1.47. The second kappa shape index (κ2) is 6.53. The van der Waals surface area contributed by atoms with Crippen molar-refractivity contribution in [3.63, 3.8) is 0 Å². The van der Waals surface area contributed by atoms with Crippen molar-refractivity contribution in [2.45, 2.75) is 5.51 Å². The van der Waals surface area contributed by atoms with Gasteiger partial charge in [0.15, 0.2) is 0 Å². The summed E-state index contributed by atoms with van der Waals surface area (Å²) in [5.41, 5.74) is -4.01. The molecule has 8 heteroatoms. The van der Waals surface area contributed by atoms with E-state index in [1.165, 1.54) is 6.20 Å². The van der Waals surface area contributed by atoms with Gasteiger partial charge in [0.1, 0.15) is 5.15 Å². The first-order chi connectivity index (χ1) is 9.88. The minimum atomic E-state index is -4.29. The molecule has 0 atom stereocenters. The fourth-order valence-electron chi connectivity index (χ4n) is 1.77. The Bertz CT molecular complexity index is 663. The predicted octanol–water partition coefficient (Wildman–Crippen LogP) is 3.87. The third-order valence-electron chi connectivity index (χ3n) is 2.64. The summed E-state index contributed by atoms with van der Waals surface area (Å²) in [7, 11) is 0. The first-order valence-electron chi connectivity index (χ1n) is 5.90. The van der Waals surface area contributed by atoms with E-state index in [0.717, 1.165) is 0 Å². The van der Waals surface area contributed by atoms with E-state index in [2.05, 4.69) is 10.3 Å². The molecule has 0 aliphatic rings. The second-order valence-corrected chi connectivity index (χ2v) is 5.58. The maximum atomic E-state index is 12.0. The number of rotatable bonds is 4. The van der Waals surface area contributed by atoms with Crippen LogP contribution >= 0.6 is 23.4 Å². The van der Waals surface area contributed by atoms with Crippen molar-refractivity contribution in [3.8, 4) is 0 Å². The van der Waals surface area contributed by atoms with Crippen molar-refractivity contribution < 1.29 is 18.0 Å². The highest BCUT2D eigenvalue weighted by molar-refractivity contribution is 8.00. The van der Waals surface area contributed by atoms with Gasteiger partial charge in [0.25, 0.3) is 5.91 Å². The van der Waals surface area contributed by atoms with Gasteiger partial charge in [0.05, 0.1) is 5.56 Å². The number of nitrogens with one attached hydrogen (secondary N) is 1. The molecule has 0 aliphatic carbocycles. The maximum absolute atomic E-state index is 12.0. The van der Waals surface area contributed by atoms with Gasteiger partial charge in [-0.15, -0.1) is 0 Å². The lowest BCUT2D eigenvalue weighted by molar-refractivity contribution is -0.0327. The van der Waals surface area contributed by atoms with Crippen molar-refractivity contribution in [1.29, 1.82) is 0 Å². The van der Waals surface area contributed by atoms with Crippen LogP contribution in [0.1, 0.15) is 10.4 Å². The summed E-state index contributed by atoms with van der Waals surface area (Å²) < 4.78 is 35.9. The van der Waals surface area contributed by atoms with Gasteiger partial charge >= 0.3 is 5.51 Å². The molecule has 1 N–H and O–H groups in total. The molecule has 0 unspecified atom stereocenters. The van der Waals surface area contributed by atoms with Gasteiger partial charge in [0, 0.05) is 23.9 Å². The molecule has 1 amide bonds. The standard InChI is InChI=1S/C13H10ClF3N2OS/c14-11-9-4-2-1-3-8(9)10(7-19-11)12(20)18-5-6-21-13(15,16)17/h1-4,7H,5-6H2,(H,18,20). The summed E-state index contributed by atoms with van der Waals surface area (Å²) >= 11 is 5.76. The van der Waals surface area contributed by atoms with Gasteiger partial charge in [-0.1, -0.05) is 35.9 Å². The largest absolute Gasteiger partial charge is 0.441 e. The Morgan fingerprint density at radius 1 is 1.29 bits per heavy atom. The van der Waals surface area contributed by atoms with Gasteiger partial charge in [-0.05, 0) is 17.1 Å². The van der Waals surface area contributed by atoms with Crippen LogP contribution in [0.25, 0.3) is 10.8 Å². The van der Waals surface area contributed by atoms with Crippen LogP contribution in [-0.4, -0.2) is 28.7 Å². The van der Waals surface area contributed by atoms with Gasteiger partial charge in [0.2, 0.25) is 0 Å². The van der Waals surface area contributed by atoms with Crippen LogP contribution in [0.3, 0.4) is 0 Å². The van der Waals surface area contributed by atoms with E-state index < -0.39 is 11.4 Å². The molecule has 2 aromatic rings. The average Bonchev–Trinajstić information content (AvgIpc) is 2.43. The van der Waals surface area contributed by atoms with Gasteiger partial charge in [-0.2, -0.15) is 13.2 Å². The van der Waals surface area contributed by atoms with E-state index >= 15 is 0 Å². The smallest absolute Gasteiger partial charge is 0.351 e. The van der Waals surface area contributed by atoms with Crippen LogP contribution in [0, 0.1) is 0 Å². The number of carbonyl (C=O) groups excluding carboxylic acids is 1. The van der Waals surface area contributed by atoms with Gasteiger partial charge < -0.3 is 5.32 Å². The van der Waals surface area contributed by atoms with E-state index in [4.69, 9.17) is 11.6 Å². The van der Waals surface area contributed by atoms with Crippen LogP contribution in [-0.2, 0) is 0 Å². The monoisotopic (exact) mass is 334 g/mol. The summed E-state index contributed by atoms with van der Waals surface area (Å²) in [4.78, 5) is 15.9. The average molecular weight is 335 g/mol. The molecule has 21 heavy (non-hydrogen) atoms. The van der Waals surface area contributed by atoms with Crippen molar-refractivity contribution in [1.82, 2.24) is 10.3 Å². The molecule has 2 rings (SSSR count). The number of hydrogen-bond acceptors (Lipinski definition) is 3. The number of pyridine rings is 1. The normalized spacial score (nSPS) is 11.6. The Morgan fingerprint density at radius 2 is 1.95 bits per heavy atom. The zero-order valence-electron chi connectivity index (χ0n) is 10.6. The fraction of sp³-hybridized carbons (Fsp3) is 0.231. The van der Waals surface area contributed by atoms with Crippen molar-refractivity contribution in [2.75, 3.05) is 12.3 Å². The third kappa shape index (κ3) is 4.25. The van der Waals surface area contributed by atoms with E-state index in [1.54, 1.807) is 24.3 Å². The molecule has 112 valence electrons. The number of benzene rings is 1. The Kier molecular flexibility index (Phi) is 4.95. The molecule has 3 nitrogen and oxygen atoms in total. The lowest BCUT2D eigenvalue weighted by Gasteiger charge is -2.09. The van der Waals surface area contributed by atoms with Crippen molar-refractivity contribution in [2.24, 2.45) is 0 Å². The number of hydrogen-bond donors (Lipinski definition) is 1. The number of amides is 1. The zero-order chi connectivity index (χ0) is 15.5. The molecule has 0 aliphatic heterocycles. The summed E-state index contributed by atoms with van der Waals surface area (Å²) in [6.07, 6.45) is 1.32. The predicted molar refractivity (Wildman–Crippen MR) is 77.6 cm³/mol. The first kappa shape index (κ1) is 15.9.